The third-order valence-corrected chi connectivity index (χ3v) is 3.69. The highest BCUT2D eigenvalue weighted by Crippen LogP contribution is 2.23. The second-order valence-corrected chi connectivity index (χ2v) is 5.25. The van der Waals surface area contributed by atoms with Crippen molar-refractivity contribution in [2.75, 3.05) is 12.0 Å². The number of fused-ring (bicyclic) bond motifs is 1. The minimum absolute atomic E-state index is 0.267. The van der Waals surface area contributed by atoms with Gasteiger partial charge in [-0.2, -0.15) is 11.8 Å². The standard InChI is InChI=1S/C13H16N2O2S/c1-9(6-7-18-2)15-8-14-12-10(13(16)17)4-3-5-11(12)15/h3-5,8-9H,6-7H2,1-2H3,(H,16,17). The van der Waals surface area contributed by atoms with E-state index in [0.29, 0.717) is 11.6 Å². The molecule has 4 nitrogen and oxygen atoms in total. The van der Waals surface area contributed by atoms with Crippen LogP contribution >= 0.6 is 11.8 Å². The number of carbonyl (C=O) groups is 1. The number of carboxylic acids is 1. The lowest BCUT2D eigenvalue weighted by atomic mass is 10.1. The van der Waals surface area contributed by atoms with Gasteiger partial charge in [-0.3, -0.25) is 0 Å². The molecule has 0 fully saturated rings. The fraction of sp³-hybridized carbons (Fsp3) is 0.385. The van der Waals surface area contributed by atoms with E-state index in [9.17, 15) is 4.79 Å². The van der Waals surface area contributed by atoms with E-state index < -0.39 is 5.97 Å². The number of para-hydroxylation sites is 1. The molecule has 0 aliphatic rings. The van der Waals surface area contributed by atoms with E-state index in [0.717, 1.165) is 17.7 Å². The van der Waals surface area contributed by atoms with E-state index in [-0.39, 0.29) is 5.56 Å². The smallest absolute Gasteiger partial charge is 0.337 e. The first-order valence-electron chi connectivity index (χ1n) is 5.83. The molecule has 1 N–H and O–H groups in total. The van der Waals surface area contributed by atoms with Gasteiger partial charge >= 0.3 is 5.97 Å². The summed E-state index contributed by atoms with van der Waals surface area (Å²) in [6, 6.07) is 5.61. The molecular weight excluding hydrogens is 248 g/mol. The van der Waals surface area contributed by atoms with Crippen LogP contribution in [0.5, 0.6) is 0 Å². The van der Waals surface area contributed by atoms with Gasteiger partial charge in [0.15, 0.2) is 0 Å². The van der Waals surface area contributed by atoms with Crippen molar-refractivity contribution in [3.8, 4) is 0 Å². The first kappa shape index (κ1) is 13.0. The maximum atomic E-state index is 11.1. The maximum absolute atomic E-state index is 11.1. The van der Waals surface area contributed by atoms with Gasteiger partial charge in [-0.1, -0.05) is 6.07 Å². The molecule has 0 saturated heterocycles. The predicted molar refractivity (Wildman–Crippen MR) is 74.4 cm³/mol. The van der Waals surface area contributed by atoms with E-state index in [1.807, 2.05) is 17.8 Å². The Labute approximate surface area is 110 Å². The van der Waals surface area contributed by atoms with Crippen molar-refractivity contribution in [3.05, 3.63) is 30.1 Å². The van der Waals surface area contributed by atoms with Gasteiger partial charge in [0.25, 0.3) is 0 Å². The van der Waals surface area contributed by atoms with Crippen molar-refractivity contribution in [3.63, 3.8) is 0 Å². The number of thioether (sulfide) groups is 1. The van der Waals surface area contributed by atoms with Crippen LogP contribution in [0.2, 0.25) is 0 Å². The molecule has 5 heteroatoms. The van der Waals surface area contributed by atoms with Crippen LogP contribution in [-0.4, -0.2) is 32.6 Å². The summed E-state index contributed by atoms with van der Waals surface area (Å²) >= 11 is 1.81. The zero-order valence-electron chi connectivity index (χ0n) is 10.5. The highest BCUT2D eigenvalue weighted by Gasteiger charge is 2.14. The quantitative estimate of drug-likeness (QED) is 0.901. The second-order valence-electron chi connectivity index (χ2n) is 4.26. The van der Waals surface area contributed by atoms with E-state index in [1.54, 1.807) is 18.5 Å². The number of benzene rings is 1. The number of imidazole rings is 1. The molecule has 2 aromatic rings. The van der Waals surface area contributed by atoms with Crippen LogP contribution in [0, 0.1) is 0 Å². The summed E-state index contributed by atoms with van der Waals surface area (Å²) < 4.78 is 2.05. The molecule has 0 bridgehead atoms. The summed E-state index contributed by atoms with van der Waals surface area (Å²) in [7, 11) is 0. The maximum Gasteiger partial charge on any atom is 0.337 e. The molecule has 0 spiro atoms. The largest absolute Gasteiger partial charge is 0.478 e. The fourth-order valence-corrected chi connectivity index (χ4v) is 2.59. The number of nitrogens with zero attached hydrogens (tertiary/aromatic N) is 2. The Kier molecular flexibility index (Phi) is 3.91. The lowest BCUT2D eigenvalue weighted by molar-refractivity contribution is 0.0699. The predicted octanol–water partition coefficient (Wildman–Crippen LogP) is 3.05. The minimum Gasteiger partial charge on any atom is -0.478 e. The number of carboxylic acid groups (broad SMARTS) is 1. The average Bonchev–Trinajstić information content (AvgIpc) is 2.79. The van der Waals surface area contributed by atoms with Gasteiger partial charge in [0.2, 0.25) is 0 Å². The number of hydrogen-bond acceptors (Lipinski definition) is 3. The van der Waals surface area contributed by atoms with Crippen molar-refractivity contribution in [2.45, 2.75) is 19.4 Å². The van der Waals surface area contributed by atoms with Crippen molar-refractivity contribution in [2.24, 2.45) is 0 Å². The number of hydrogen-bond donors (Lipinski definition) is 1. The molecule has 1 unspecified atom stereocenters. The molecule has 1 heterocycles. The van der Waals surface area contributed by atoms with Gasteiger partial charge < -0.3 is 9.67 Å². The monoisotopic (exact) mass is 264 g/mol. The number of aromatic carboxylic acids is 1. The average molecular weight is 264 g/mol. The third-order valence-electron chi connectivity index (χ3n) is 3.05. The molecule has 18 heavy (non-hydrogen) atoms. The normalized spacial score (nSPS) is 12.8. The number of aromatic nitrogens is 2. The lowest BCUT2D eigenvalue weighted by Gasteiger charge is -2.13. The molecule has 0 amide bonds. The highest BCUT2D eigenvalue weighted by molar-refractivity contribution is 7.98. The van der Waals surface area contributed by atoms with Gasteiger partial charge in [0, 0.05) is 6.04 Å². The van der Waals surface area contributed by atoms with Crippen LogP contribution in [0.15, 0.2) is 24.5 Å². The van der Waals surface area contributed by atoms with Gasteiger partial charge in [0.1, 0.15) is 5.52 Å². The Morgan fingerprint density at radius 3 is 3.00 bits per heavy atom. The molecule has 1 aromatic carbocycles. The van der Waals surface area contributed by atoms with Crippen molar-refractivity contribution >= 4 is 28.8 Å². The van der Waals surface area contributed by atoms with Crippen LogP contribution in [0.25, 0.3) is 11.0 Å². The molecule has 1 atom stereocenters. The van der Waals surface area contributed by atoms with E-state index >= 15 is 0 Å². The van der Waals surface area contributed by atoms with Crippen molar-refractivity contribution < 1.29 is 9.90 Å². The van der Waals surface area contributed by atoms with Gasteiger partial charge in [-0.25, -0.2) is 9.78 Å². The van der Waals surface area contributed by atoms with Crippen molar-refractivity contribution in [1.82, 2.24) is 9.55 Å². The first-order chi connectivity index (χ1) is 8.65. The Morgan fingerprint density at radius 1 is 1.56 bits per heavy atom. The van der Waals surface area contributed by atoms with E-state index in [1.165, 1.54) is 0 Å². The molecule has 0 aliphatic heterocycles. The van der Waals surface area contributed by atoms with Gasteiger partial charge in [-0.15, -0.1) is 0 Å². The van der Waals surface area contributed by atoms with Gasteiger partial charge in [-0.05, 0) is 37.5 Å². The zero-order valence-corrected chi connectivity index (χ0v) is 11.3. The van der Waals surface area contributed by atoms with Crippen molar-refractivity contribution in [1.29, 1.82) is 0 Å². The zero-order chi connectivity index (χ0) is 13.1. The first-order valence-corrected chi connectivity index (χ1v) is 7.22. The molecule has 0 saturated carbocycles. The van der Waals surface area contributed by atoms with Crippen LogP contribution in [0.3, 0.4) is 0 Å². The van der Waals surface area contributed by atoms with Crippen LogP contribution in [0.1, 0.15) is 29.7 Å². The van der Waals surface area contributed by atoms with Gasteiger partial charge in [0.05, 0.1) is 17.4 Å². The molecule has 0 radical (unpaired) electrons. The summed E-state index contributed by atoms with van der Waals surface area (Å²) in [6.07, 6.45) is 4.87. The summed E-state index contributed by atoms with van der Waals surface area (Å²) in [4.78, 5) is 15.4. The van der Waals surface area contributed by atoms with Crippen LogP contribution in [-0.2, 0) is 0 Å². The molecule has 96 valence electrons. The summed E-state index contributed by atoms with van der Waals surface area (Å²) in [5, 5.41) is 9.12. The SMILES string of the molecule is CSCCC(C)n1cnc2c(C(=O)O)cccc21. The van der Waals surface area contributed by atoms with Crippen LogP contribution in [0.4, 0.5) is 0 Å². The second kappa shape index (κ2) is 5.44. The highest BCUT2D eigenvalue weighted by atomic mass is 32.2. The Morgan fingerprint density at radius 2 is 2.33 bits per heavy atom. The van der Waals surface area contributed by atoms with Crippen LogP contribution < -0.4 is 0 Å². The van der Waals surface area contributed by atoms with E-state index in [4.69, 9.17) is 5.11 Å². The third kappa shape index (κ3) is 2.36. The Balaban J connectivity index is 2.42. The fourth-order valence-electron chi connectivity index (χ4n) is 2.01. The Bertz CT molecular complexity index is 565. The van der Waals surface area contributed by atoms with E-state index in [2.05, 4.69) is 22.7 Å². The summed E-state index contributed by atoms with van der Waals surface area (Å²) in [5.41, 5.74) is 1.73. The Hall–Kier alpha value is -1.49. The topological polar surface area (TPSA) is 55.1 Å². The molecule has 2 rings (SSSR count). The molecule has 0 aliphatic carbocycles. The summed E-state index contributed by atoms with van der Waals surface area (Å²) in [5.74, 6) is 0.155. The minimum atomic E-state index is -0.928. The lowest BCUT2D eigenvalue weighted by Crippen LogP contribution is -2.05. The number of rotatable bonds is 5. The molecular formula is C13H16N2O2S. The summed E-state index contributed by atoms with van der Waals surface area (Å²) in [6.45, 7) is 2.13. The molecule has 1 aromatic heterocycles.